The van der Waals surface area contributed by atoms with Crippen molar-refractivity contribution in [3.05, 3.63) is 22.4 Å². The zero-order chi connectivity index (χ0) is 10.7. The predicted molar refractivity (Wildman–Crippen MR) is 65.7 cm³/mol. The van der Waals surface area contributed by atoms with Crippen LogP contribution < -0.4 is 0 Å². The molecule has 0 N–H and O–H groups in total. The van der Waals surface area contributed by atoms with Crippen LogP contribution in [0.4, 0.5) is 0 Å². The third kappa shape index (κ3) is 6.83. The van der Waals surface area contributed by atoms with Gasteiger partial charge in [0.15, 0.2) is 0 Å². The molecule has 1 atom stereocenters. The summed E-state index contributed by atoms with van der Waals surface area (Å²) in [6.07, 6.45) is 1.25. The van der Waals surface area contributed by atoms with E-state index in [2.05, 4.69) is 31.4 Å². The Morgan fingerprint density at radius 2 is 1.77 bits per heavy atom. The van der Waals surface area contributed by atoms with Gasteiger partial charge in [-0.1, -0.05) is 47.6 Å². The van der Waals surface area contributed by atoms with Crippen molar-refractivity contribution in [3.8, 4) is 0 Å². The summed E-state index contributed by atoms with van der Waals surface area (Å²) in [6, 6.07) is 4.32. The van der Waals surface area contributed by atoms with E-state index in [1.54, 1.807) is 0 Å². The molecule has 1 aromatic heterocycles. The zero-order valence-corrected chi connectivity index (χ0v) is 10.7. The molecule has 1 aromatic rings. The molecule has 0 bridgehead atoms. The Bertz CT molecular complexity index is 154. The Morgan fingerprint density at radius 3 is 2.08 bits per heavy atom. The van der Waals surface area contributed by atoms with Gasteiger partial charge in [0.25, 0.3) is 0 Å². The van der Waals surface area contributed by atoms with Crippen molar-refractivity contribution >= 4 is 11.3 Å². The quantitative estimate of drug-likeness (QED) is 0.606. The summed E-state index contributed by atoms with van der Waals surface area (Å²) in [5.41, 5.74) is 0. The van der Waals surface area contributed by atoms with E-state index in [0.29, 0.717) is 0 Å². The molecule has 0 saturated heterocycles. The second-order valence-corrected chi connectivity index (χ2v) is 3.30. The number of hydrogen-bond donors (Lipinski definition) is 0. The molecule has 13 heavy (non-hydrogen) atoms. The molecule has 0 nitrogen and oxygen atoms in total. The van der Waals surface area contributed by atoms with Gasteiger partial charge in [-0.05, 0) is 23.8 Å². The molecule has 0 aliphatic rings. The number of hydrogen-bond acceptors (Lipinski definition) is 1. The van der Waals surface area contributed by atoms with Crippen molar-refractivity contribution < 1.29 is 0 Å². The Hall–Kier alpha value is -0.300. The lowest BCUT2D eigenvalue weighted by Crippen LogP contribution is -1.84. The average molecular weight is 200 g/mol. The second kappa shape index (κ2) is 11.7. The molecule has 0 aromatic carbocycles. The molecule has 78 valence electrons. The van der Waals surface area contributed by atoms with Gasteiger partial charge in [0, 0.05) is 4.88 Å². The molecule has 0 fully saturated rings. The van der Waals surface area contributed by atoms with Crippen LogP contribution in [-0.2, 0) is 0 Å². The summed E-state index contributed by atoms with van der Waals surface area (Å²) in [6.45, 7) is 12.5. The molecule has 0 spiro atoms. The molecular weight excluding hydrogens is 176 g/mol. The van der Waals surface area contributed by atoms with Crippen LogP contribution in [0.5, 0.6) is 0 Å². The minimum Gasteiger partial charge on any atom is -0.149 e. The lowest BCUT2D eigenvalue weighted by atomic mass is 10.1. The van der Waals surface area contributed by atoms with E-state index in [1.165, 1.54) is 11.3 Å². The van der Waals surface area contributed by atoms with E-state index in [1.807, 2.05) is 39.0 Å². The van der Waals surface area contributed by atoms with E-state index >= 15 is 0 Å². The molecule has 1 rings (SSSR count). The van der Waals surface area contributed by atoms with Gasteiger partial charge in [-0.2, -0.15) is 0 Å². The summed E-state index contributed by atoms with van der Waals surface area (Å²) in [5.74, 6) is 0.755. The van der Waals surface area contributed by atoms with Crippen molar-refractivity contribution in [3.63, 3.8) is 0 Å². The fraction of sp³-hybridized carbons (Fsp3) is 0.667. The Labute approximate surface area is 88.0 Å². The molecule has 1 heteroatoms. The minimum atomic E-state index is 0.755. The second-order valence-electron chi connectivity index (χ2n) is 2.32. The van der Waals surface area contributed by atoms with Crippen molar-refractivity contribution in [2.45, 2.75) is 53.9 Å². The van der Waals surface area contributed by atoms with Crippen LogP contribution in [0.3, 0.4) is 0 Å². The topological polar surface area (TPSA) is 0 Å². The first-order valence-corrected chi connectivity index (χ1v) is 6.26. The average Bonchev–Trinajstić information content (AvgIpc) is 2.76. The lowest BCUT2D eigenvalue weighted by molar-refractivity contribution is 0.748. The molecule has 0 radical (unpaired) electrons. The summed E-state index contributed by atoms with van der Waals surface area (Å²) < 4.78 is 0. The maximum atomic E-state index is 2.27. The van der Waals surface area contributed by atoms with Gasteiger partial charge in [-0.3, -0.25) is 0 Å². The van der Waals surface area contributed by atoms with Crippen LogP contribution in [0.1, 0.15) is 58.8 Å². The van der Waals surface area contributed by atoms with E-state index in [0.717, 1.165) is 5.92 Å². The van der Waals surface area contributed by atoms with Gasteiger partial charge >= 0.3 is 0 Å². The van der Waals surface area contributed by atoms with Gasteiger partial charge in [0.1, 0.15) is 0 Å². The number of rotatable bonds is 2. The van der Waals surface area contributed by atoms with Crippen LogP contribution in [0.25, 0.3) is 0 Å². The van der Waals surface area contributed by atoms with Gasteiger partial charge in [-0.25, -0.2) is 0 Å². The predicted octanol–water partition coefficient (Wildman–Crippen LogP) is 5.31. The monoisotopic (exact) mass is 200 g/mol. The Balaban J connectivity index is 0. The molecule has 0 saturated carbocycles. The van der Waals surface area contributed by atoms with E-state index in [9.17, 15) is 0 Å². The van der Waals surface area contributed by atoms with Crippen LogP contribution >= 0.6 is 11.3 Å². The molecule has 0 aliphatic carbocycles. The van der Waals surface area contributed by atoms with Crippen LogP contribution in [-0.4, -0.2) is 0 Å². The van der Waals surface area contributed by atoms with E-state index < -0.39 is 0 Å². The Kier molecular flexibility index (Phi) is 13.7. The molecule has 1 unspecified atom stereocenters. The highest BCUT2D eigenvalue weighted by Crippen LogP contribution is 2.22. The highest BCUT2D eigenvalue weighted by atomic mass is 32.1. The molecule has 0 amide bonds. The normalized spacial score (nSPS) is 10.3. The van der Waals surface area contributed by atoms with Crippen LogP contribution in [0.15, 0.2) is 17.5 Å². The summed E-state index contributed by atoms with van der Waals surface area (Å²) in [4.78, 5) is 1.51. The first-order chi connectivity index (χ1) is 6.34. The highest BCUT2D eigenvalue weighted by molar-refractivity contribution is 7.10. The maximum absolute atomic E-state index is 2.27. The SMILES string of the molecule is CC.CC.CCC(C)c1cccs1. The van der Waals surface area contributed by atoms with Crippen molar-refractivity contribution in [1.29, 1.82) is 0 Å². The smallest absolute Gasteiger partial charge is 0.00733 e. The standard InChI is InChI=1S/C8H12S.2C2H6/c1-3-7(2)8-5-4-6-9-8;2*1-2/h4-7H,3H2,1-2H3;2*1-2H3. The van der Waals surface area contributed by atoms with Crippen molar-refractivity contribution in [2.24, 2.45) is 0 Å². The van der Waals surface area contributed by atoms with Gasteiger partial charge in [0.05, 0.1) is 0 Å². The summed E-state index contributed by atoms with van der Waals surface area (Å²) in [7, 11) is 0. The van der Waals surface area contributed by atoms with Crippen molar-refractivity contribution in [1.82, 2.24) is 0 Å². The van der Waals surface area contributed by atoms with Crippen LogP contribution in [0, 0.1) is 0 Å². The largest absolute Gasteiger partial charge is 0.149 e. The summed E-state index contributed by atoms with van der Waals surface area (Å²) in [5, 5.41) is 2.14. The van der Waals surface area contributed by atoms with Crippen LogP contribution in [0.2, 0.25) is 0 Å². The third-order valence-electron chi connectivity index (χ3n) is 1.64. The minimum absolute atomic E-state index is 0.755. The number of thiophene rings is 1. The van der Waals surface area contributed by atoms with Gasteiger partial charge in [0.2, 0.25) is 0 Å². The molecule has 1 heterocycles. The first-order valence-electron chi connectivity index (χ1n) is 5.38. The summed E-state index contributed by atoms with van der Waals surface area (Å²) >= 11 is 1.86. The van der Waals surface area contributed by atoms with Gasteiger partial charge in [-0.15, -0.1) is 11.3 Å². The highest BCUT2D eigenvalue weighted by Gasteiger charge is 2.00. The third-order valence-corrected chi connectivity index (χ3v) is 2.75. The molecular formula is C12H24S. The Morgan fingerprint density at radius 1 is 1.23 bits per heavy atom. The molecule has 0 aliphatic heterocycles. The fourth-order valence-corrected chi connectivity index (χ4v) is 1.64. The van der Waals surface area contributed by atoms with E-state index in [4.69, 9.17) is 0 Å². The van der Waals surface area contributed by atoms with Gasteiger partial charge < -0.3 is 0 Å². The zero-order valence-electron chi connectivity index (χ0n) is 9.92. The van der Waals surface area contributed by atoms with E-state index in [-0.39, 0.29) is 0 Å². The lowest BCUT2D eigenvalue weighted by Gasteiger charge is -2.02. The van der Waals surface area contributed by atoms with Crippen molar-refractivity contribution in [2.75, 3.05) is 0 Å². The first kappa shape index (κ1) is 15.2. The fourth-order valence-electron chi connectivity index (χ4n) is 0.773. The maximum Gasteiger partial charge on any atom is 0.00733 e.